The smallest absolute Gasteiger partial charge is 0.271 e. The Balaban J connectivity index is 1.68. The Morgan fingerprint density at radius 3 is 2.53 bits per heavy atom. The molecule has 1 aliphatic heterocycles. The molecule has 0 bridgehead atoms. The van der Waals surface area contributed by atoms with Gasteiger partial charge in [-0.15, -0.1) is 0 Å². The van der Waals surface area contributed by atoms with Crippen molar-refractivity contribution in [1.29, 1.82) is 0 Å². The highest BCUT2D eigenvalue weighted by molar-refractivity contribution is 6.00. The Morgan fingerprint density at radius 2 is 1.88 bits per heavy atom. The summed E-state index contributed by atoms with van der Waals surface area (Å²) in [5, 5.41) is 3.07. The number of benzene rings is 1. The van der Waals surface area contributed by atoms with Gasteiger partial charge in [0.2, 0.25) is 5.91 Å². The number of aromatic nitrogens is 1. The molecule has 1 aromatic carbocycles. The van der Waals surface area contributed by atoms with Gasteiger partial charge in [-0.25, -0.2) is 0 Å². The molecule has 0 saturated carbocycles. The van der Waals surface area contributed by atoms with E-state index in [1.54, 1.807) is 11.2 Å². The highest BCUT2D eigenvalue weighted by Gasteiger charge is 2.47. The molecule has 0 unspecified atom stereocenters. The summed E-state index contributed by atoms with van der Waals surface area (Å²) in [6.45, 7) is 9.85. The standard InChI is InChI=1S/C27H33N3O4/c1-5-33-21-10-8-20(9-11-21)17-30-25(31)23-13-12-22(24-7-6-16-34-24)29(23)18-27(30,4)26(32)28-15-14-19(2)3/h6-13,16,19H,5,14-15,17-18H2,1-4H3,(H,28,32)/t27-/m0/s1. The van der Waals surface area contributed by atoms with Crippen LogP contribution in [0.2, 0.25) is 0 Å². The van der Waals surface area contributed by atoms with Crippen LogP contribution < -0.4 is 10.1 Å². The fourth-order valence-electron chi connectivity index (χ4n) is 4.37. The van der Waals surface area contributed by atoms with Crippen LogP contribution >= 0.6 is 0 Å². The van der Waals surface area contributed by atoms with E-state index in [4.69, 9.17) is 9.15 Å². The van der Waals surface area contributed by atoms with Crippen LogP contribution in [0, 0.1) is 5.92 Å². The first-order valence-corrected chi connectivity index (χ1v) is 11.9. The summed E-state index contributed by atoms with van der Waals surface area (Å²) in [7, 11) is 0. The number of ether oxygens (including phenoxy) is 1. The third-order valence-electron chi connectivity index (χ3n) is 6.35. The Hall–Kier alpha value is -3.48. The number of amides is 2. The molecule has 0 fully saturated rings. The molecule has 0 radical (unpaired) electrons. The molecular weight excluding hydrogens is 430 g/mol. The number of hydrogen-bond donors (Lipinski definition) is 1. The molecule has 4 rings (SSSR count). The number of carbonyl (C=O) groups excluding carboxylic acids is 2. The molecule has 0 spiro atoms. The number of rotatable bonds is 9. The van der Waals surface area contributed by atoms with E-state index >= 15 is 0 Å². The van der Waals surface area contributed by atoms with Gasteiger partial charge in [0, 0.05) is 13.1 Å². The zero-order valence-corrected chi connectivity index (χ0v) is 20.3. The van der Waals surface area contributed by atoms with Gasteiger partial charge in [0.15, 0.2) is 0 Å². The molecule has 3 aromatic rings. The van der Waals surface area contributed by atoms with E-state index in [9.17, 15) is 9.59 Å². The van der Waals surface area contributed by atoms with Gasteiger partial charge in [0.25, 0.3) is 5.91 Å². The molecule has 2 aromatic heterocycles. The maximum Gasteiger partial charge on any atom is 0.271 e. The molecule has 1 N–H and O–H groups in total. The molecule has 1 aliphatic rings. The van der Waals surface area contributed by atoms with Crippen molar-refractivity contribution >= 4 is 11.8 Å². The lowest BCUT2D eigenvalue weighted by molar-refractivity contribution is -0.133. The molecule has 2 amide bonds. The number of nitrogens with one attached hydrogen (secondary N) is 1. The van der Waals surface area contributed by atoms with E-state index in [2.05, 4.69) is 19.2 Å². The van der Waals surface area contributed by atoms with Crippen molar-refractivity contribution in [1.82, 2.24) is 14.8 Å². The second-order valence-corrected chi connectivity index (χ2v) is 9.35. The number of carbonyl (C=O) groups is 2. The van der Waals surface area contributed by atoms with Crippen LogP contribution in [-0.4, -0.2) is 40.0 Å². The van der Waals surface area contributed by atoms with Gasteiger partial charge in [0.05, 0.1) is 25.1 Å². The fourth-order valence-corrected chi connectivity index (χ4v) is 4.37. The van der Waals surface area contributed by atoms with Crippen LogP contribution in [0.3, 0.4) is 0 Å². The molecule has 34 heavy (non-hydrogen) atoms. The first-order chi connectivity index (χ1) is 16.3. The lowest BCUT2D eigenvalue weighted by atomic mass is 9.93. The Kier molecular flexibility index (Phi) is 6.82. The van der Waals surface area contributed by atoms with Crippen molar-refractivity contribution in [2.45, 2.75) is 52.7 Å². The highest BCUT2D eigenvalue weighted by Crippen LogP contribution is 2.34. The van der Waals surface area contributed by atoms with Crippen LogP contribution in [0.5, 0.6) is 5.75 Å². The number of nitrogens with zero attached hydrogens (tertiary/aromatic N) is 2. The first-order valence-electron chi connectivity index (χ1n) is 11.9. The molecule has 180 valence electrons. The second kappa shape index (κ2) is 9.79. The molecule has 0 saturated heterocycles. The van der Waals surface area contributed by atoms with E-state index < -0.39 is 5.54 Å². The van der Waals surface area contributed by atoms with E-state index in [0.29, 0.717) is 43.6 Å². The maximum atomic E-state index is 13.7. The normalized spacial score (nSPS) is 17.7. The molecule has 3 heterocycles. The summed E-state index contributed by atoms with van der Waals surface area (Å²) in [4.78, 5) is 29.0. The van der Waals surface area contributed by atoms with Crippen molar-refractivity contribution in [2.24, 2.45) is 5.92 Å². The monoisotopic (exact) mass is 463 g/mol. The summed E-state index contributed by atoms with van der Waals surface area (Å²) in [5.74, 6) is 1.59. The molecule has 1 atom stereocenters. The average molecular weight is 464 g/mol. The topological polar surface area (TPSA) is 76.7 Å². The van der Waals surface area contributed by atoms with E-state index in [1.807, 2.05) is 66.9 Å². The fraction of sp³-hybridized carbons (Fsp3) is 0.407. The Morgan fingerprint density at radius 1 is 1.15 bits per heavy atom. The minimum Gasteiger partial charge on any atom is -0.494 e. The Bertz CT molecular complexity index is 1130. The van der Waals surface area contributed by atoms with Crippen molar-refractivity contribution < 1.29 is 18.7 Å². The second-order valence-electron chi connectivity index (χ2n) is 9.35. The van der Waals surface area contributed by atoms with Crippen LogP contribution in [0.15, 0.2) is 59.2 Å². The molecule has 0 aliphatic carbocycles. The van der Waals surface area contributed by atoms with E-state index in [-0.39, 0.29) is 11.8 Å². The summed E-state index contributed by atoms with van der Waals surface area (Å²) in [6.07, 6.45) is 2.48. The van der Waals surface area contributed by atoms with Crippen molar-refractivity contribution in [3.05, 3.63) is 66.1 Å². The first kappa shape index (κ1) is 23.7. The van der Waals surface area contributed by atoms with Crippen LogP contribution in [0.25, 0.3) is 11.5 Å². The van der Waals surface area contributed by atoms with Crippen molar-refractivity contribution in [3.63, 3.8) is 0 Å². The summed E-state index contributed by atoms with van der Waals surface area (Å²) < 4.78 is 13.0. The number of hydrogen-bond acceptors (Lipinski definition) is 4. The predicted molar refractivity (Wildman–Crippen MR) is 130 cm³/mol. The summed E-state index contributed by atoms with van der Waals surface area (Å²) in [6, 6.07) is 15.0. The predicted octanol–water partition coefficient (Wildman–Crippen LogP) is 4.72. The van der Waals surface area contributed by atoms with E-state index in [0.717, 1.165) is 23.4 Å². The van der Waals surface area contributed by atoms with Gasteiger partial charge < -0.3 is 23.9 Å². The Labute approximate surface area is 200 Å². The average Bonchev–Trinajstić information content (AvgIpc) is 3.47. The van der Waals surface area contributed by atoms with Gasteiger partial charge in [-0.2, -0.15) is 0 Å². The van der Waals surface area contributed by atoms with Crippen LogP contribution in [-0.2, 0) is 17.9 Å². The minimum atomic E-state index is -1.07. The maximum absolute atomic E-state index is 13.7. The number of fused-ring (bicyclic) bond motifs is 1. The minimum absolute atomic E-state index is 0.155. The van der Waals surface area contributed by atoms with Gasteiger partial charge in [-0.1, -0.05) is 26.0 Å². The van der Waals surface area contributed by atoms with Gasteiger partial charge in [0.1, 0.15) is 22.7 Å². The number of furan rings is 1. The molecule has 7 heteroatoms. The van der Waals surface area contributed by atoms with Gasteiger partial charge >= 0.3 is 0 Å². The largest absolute Gasteiger partial charge is 0.494 e. The van der Waals surface area contributed by atoms with Crippen LogP contribution in [0.4, 0.5) is 0 Å². The van der Waals surface area contributed by atoms with Gasteiger partial charge in [-0.3, -0.25) is 9.59 Å². The van der Waals surface area contributed by atoms with Crippen molar-refractivity contribution in [3.8, 4) is 17.2 Å². The van der Waals surface area contributed by atoms with Crippen molar-refractivity contribution in [2.75, 3.05) is 13.2 Å². The lowest BCUT2D eigenvalue weighted by Gasteiger charge is -2.44. The SMILES string of the molecule is CCOc1ccc(CN2C(=O)c3ccc(-c4ccco4)n3C[C@@]2(C)C(=O)NCCC(C)C)cc1. The quantitative estimate of drug-likeness (QED) is 0.498. The molecule has 7 nitrogen and oxygen atoms in total. The lowest BCUT2D eigenvalue weighted by Crippen LogP contribution is -2.63. The third-order valence-corrected chi connectivity index (χ3v) is 6.35. The zero-order valence-electron chi connectivity index (χ0n) is 20.3. The summed E-state index contributed by atoms with van der Waals surface area (Å²) >= 11 is 0. The van der Waals surface area contributed by atoms with Crippen LogP contribution in [0.1, 0.15) is 50.2 Å². The van der Waals surface area contributed by atoms with Gasteiger partial charge in [-0.05, 0) is 68.1 Å². The zero-order chi connectivity index (χ0) is 24.3. The summed E-state index contributed by atoms with van der Waals surface area (Å²) in [5.41, 5.74) is 1.20. The van der Waals surface area contributed by atoms with E-state index in [1.165, 1.54) is 0 Å². The highest BCUT2D eigenvalue weighted by atomic mass is 16.5. The molecular formula is C27H33N3O4. The third kappa shape index (κ3) is 4.60.